The first-order valence-corrected chi connectivity index (χ1v) is 11.7. The monoisotopic (exact) mass is 482 g/mol. The maximum absolute atomic E-state index is 11.7. The maximum Gasteiger partial charge on any atom is 0.305 e. The highest BCUT2D eigenvalue weighted by Gasteiger charge is 2.41. The summed E-state index contributed by atoms with van der Waals surface area (Å²) in [7, 11) is 1.41. The van der Waals surface area contributed by atoms with Crippen LogP contribution in [0.4, 0.5) is 0 Å². The van der Waals surface area contributed by atoms with Crippen molar-refractivity contribution in [1.82, 2.24) is 19.8 Å². The Morgan fingerprint density at radius 3 is 2.64 bits per heavy atom. The lowest BCUT2D eigenvalue weighted by atomic mass is 9.96. The van der Waals surface area contributed by atoms with E-state index in [1.807, 2.05) is 42.5 Å². The van der Waals surface area contributed by atoms with E-state index < -0.39 is 0 Å². The van der Waals surface area contributed by atoms with Gasteiger partial charge in [0.2, 0.25) is 0 Å². The summed E-state index contributed by atoms with van der Waals surface area (Å²) in [6.45, 7) is 4.86. The Balaban J connectivity index is 1.74. The maximum atomic E-state index is 11.7. The number of esters is 1. The number of halogens is 1. The number of thiocarbonyl (C=S) groups is 1. The molecule has 1 N–H and O–H groups in total. The molecule has 1 aliphatic rings. The predicted octanol–water partition coefficient (Wildman–Crippen LogP) is 5.07. The Labute approximate surface area is 204 Å². The second-order valence-corrected chi connectivity index (χ2v) is 8.96. The third-order valence-corrected chi connectivity index (χ3v) is 6.68. The lowest BCUT2D eigenvalue weighted by Gasteiger charge is -2.28. The second-order valence-electron chi connectivity index (χ2n) is 8.14. The van der Waals surface area contributed by atoms with Crippen molar-refractivity contribution >= 4 is 34.9 Å². The molecule has 172 valence electrons. The van der Waals surface area contributed by atoms with Crippen LogP contribution in [0.3, 0.4) is 0 Å². The van der Waals surface area contributed by atoms with Gasteiger partial charge in [0.1, 0.15) is 0 Å². The zero-order valence-electron chi connectivity index (χ0n) is 18.9. The van der Waals surface area contributed by atoms with Crippen LogP contribution in [0, 0.1) is 13.8 Å². The van der Waals surface area contributed by atoms with Gasteiger partial charge in [-0.15, -0.1) is 0 Å². The number of hydrogen-bond donors (Lipinski definition) is 1. The molecule has 1 saturated heterocycles. The van der Waals surface area contributed by atoms with E-state index in [2.05, 4.69) is 39.7 Å². The van der Waals surface area contributed by atoms with E-state index in [-0.39, 0.29) is 18.1 Å². The molecule has 3 aromatic rings. The quantitative estimate of drug-likeness (QED) is 0.375. The molecule has 0 radical (unpaired) electrons. The second kappa shape index (κ2) is 9.93. The first-order chi connectivity index (χ1) is 15.9. The molecule has 4 rings (SSSR count). The third-order valence-electron chi connectivity index (χ3n) is 6.08. The first-order valence-electron chi connectivity index (χ1n) is 10.9. The van der Waals surface area contributed by atoms with Crippen LogP contribution < -0.4 is 5.32 Å². The number of carbonyl (C=O) groups excluding carboxylic acids is 1. The molecule has 2 aromatic heterocycles. The Morgan fingerprint density at radius 1 is 1.21 bits per heavy atom. The fraction of sp³-hybridized carbons (Fsp3) is 0.320. The zero-order valence-corrected chi connectivity index (χ0v) is 20.5. The van der Waals surface area contributed by atoms with E-state index >= 15 is 0 Å². The summed E-state index contributed by atoms with van der Waals surface area (Å²) in [5, 5.41) is 4.85. The van der Waals surface area contributed by atoms with Crippen molar-refractivity contribution in [3.05, 3.63) is 82.4 Å². The topological polar surface area (TPSA) is 59.4 Å². The third kappa shape index (κ3) is 4.75. The van der Waals surface area contributed by atoms with Gasteiger partial charge in [-0.3, -0.25) is 9.78 Å². The molecule has 33 heavy (non-hydrogen) atoms. The average Bonchev–Trinajstić information content (AvgIpc) is 3.30. The van der Waals surface area contributed by atoms with E-state index in [0.29, 0.717) is 29.5 Å². The molecule has 8 heteroatoms. The van der Waals surface area contributed by atoms with E-state index in [1.165, 1.54) is 12.7 Å². The minimum atomic E-state index is -0.216. The average molecular weight is 483 g/mol. The van der Waals surface area contributed by atoms with Gasteiger partial charge in [0.05, 0.1) is 24.9 Å². The zero-order chi connectivity index (χ0) is 23.5. The molecule has 2 atom stereocenters. The molecule has 2 unspecified atom stereocenters. The van der Waals surface area contributed by atoms with E-state index in [1.54, 1.807) is 6.20 Å². The van der Waals surface area contributed by atoms with Crippen LogP contribution >= 0.6 is 23.8 Å². The predicted molar refractivity (Wildman–Crippen MR) is 134 cm³/mol. The van der Waals surface area contributed by atoms with Gasteiger partial charge in [-0.1, -0.05) is 17.7 Å². The molecule has 0 spiro atoms. The van der Waals surface area contributed by atoms with Gasteiger partial charge >= 0.3 is 5.97 Å². The molecule has 0 saturated carbocycles. The number of methoxy groups -OCH3 is 1. The van der Waals surface area contributed by atoms with Crippen molar-refractivity contribution in [3.8, 4) is 5.69 Å². The van der Waals surface area contributed by atoms with Crippen molar-refractivity contribution in [2.24, 2.45) is 0 Å². The summed E-state index contributed by atoms with van der Waals surface area (Å²) in [5.41, 5.74) is 5.41. The molecule has 3 heterocycles. The number of nitrogens with zero attached hydrogens (tertiary/aromatic N) is 3. The Hall–Kier alpha value is -2.90. The SMILES string of the molecule is COC(=O)CCCN1C(=S)NC(c2ccccn2)C1c1cc(C)n(-c2ccc(Cl)cc2)c1C. The van der Waals surface area contributed by atoms with Crippen LogP contribution in [-0.2, 0) is 9.53 Å². The molecule has 0 amide bonds. The summed E-state index contributed by atoms with van der Waals surface area (Å²) in [5.74, 6) is -0.216. The van der Waals surface area contributed by atoms with Crippen LogP contribution in [0.15, 0.2) is 54.7 Å². The lowest BCUT2D eigenvalue weighted by Crippen LogP contribution is -2.31. The molecular weight excluding hydrogens is 456 g/mol. The van der Waals surface area contributed by atoms with Crippen LogP contribution in [0.5, 0.6) is 0 Å². The Kier molecular flexibility index (Phi) is 7.00. The number of carbonyl (C=O) groups is 1. The molecule has 0 aliphatic carbocycles. The van der Waals surface area contributed by atoms with E-state index in [9.17, 15) is 4.79 Å². The highest BCUT2D eigenvalue weighted by molar-refractivity contribution is 7.80. The standard InChI is InChI=1S/C25H27ClN4O2S/c1-16-15-20(17(2)30(16)19-11-9-18(26)10-12-19)24-23(21-7-4-5-13-27-21)28-25(33)29(24)14-6-8-22(31)32-3/h4-5,7,9-13,15,23-24H,6,8,14H2,1-3H3,(H,28,33). The summed E-state index contributed by atoms with van der Waals surface area (Å²) in [4.78, 5) is 18.5. The van der Waals surface area contributed by atoms with Gasteiger partial charge in [-0.25, -0.2) is 0 Å². The van der Waals surface area contributed by atoms with Gasteiger partial charge in [-0.2, -0.15) is 0 Å². The molecular formula is C25H27ClN4O2S. The highest BCUT2D eigenvalue weighted by Crippen LogP contribution is 2.41. The number of hydrogen-bond acceptors (Lipinski definition) is 4. The van der Waals surface area contributed by atoms with Gasteiger partial charge in [0.15, 0.2) is 5.11 Å². The van der Waals surface area contributed by atoms with Crippen LogP contribution in [-0.4, -0.2) is 39.2 Å². The highest BCUT2D eigenvalue weighted by atomic mass is 35.5. The normalized spacial score (nSPS) is 17.8. The van der Waals surface area contributed by atoms with E-state index in [0.717, 1.165) is 22.8 Å². The van der Waals surface area contributed by atoms with E-state index in [4.69, 9.17) is 28.6 Å². The number of pyridine rings is 1. The lowest BCUT2D eigenvalue weighted by molar-refractivity contribution is -0.140. The molecule has 1 aliphatic heterocycles. The van der Waals surface area contributed by atoms with Crippen LogP contribution in [0.2, 0.25) is 5.02 Å². The summed E-state index contributed by atoms with van der Waals surface area (Å²) in [6, 6.07) is 15.8. The smallest absolute Gasteiger partial charge is 0.305 e. The molecule has 1 fully saturated rings. The Morgan fingerprint density at radius 2 is 1.97 bits per heavy atom. The van der Waals surface area contributed by atoms with Gasteiger partial charge in [0.25, 0.3) is 0 Å². The fourth-order valence-electron chi connectivity index (χ4n) is 4.56. The van der Waals surface area contributed by atoms with Crippen molar-refractivity contribution in [2.45, 2.75) is 38.8 Å². The summed E-state index contributed by atoms with van der Waals surface area (Å²) < 4.78 is 7.04. The Bertz CT molecular complexity index is 1150. The largest absolute Gasteiger partial charge is 0.469 e. The minimum absolute atomic E-state index is 0.0581. The molecule has 1 aromatic carbocycles. The van der Waals surface area contributed by atoms with Gasteiger partial charge < -0.3 is 19.5 Å². The summed E-state index contributed by atoms with van der Waals surface area (Å²) >= 11 is 11.9. The summed E-state index contributed by atoms with van der Waals surface area (Å²) in [6.07, 6.45) is 2.80. The van der Waals surface area contributed by atoms with Crippen LogP contribution in [0.25, 0.3) is 5.69 Å². The van der Waals surface area contributed by atoms with Crippen molar-refractivity contribution in [1.29, 1.82) is 0 Å². The van der Waals surface area contributed by atoms with Crippen molar-refractivity contribution in [2.75, 3.05) is 13.7 Å². The number of rotatable bonds is 7. The number of aromatic nitrogens is 2. The van der Waals surface area contributed by atoms with Crippen LogP contribution in [0.1, 0.15) is 47.6 Å². The van der Waals surface area contributed by atoms with Crippen molar-refractivity contribution in [3.63, 3.8) is 0 Å². The van der Waals surface area contributed by atoms with Crippen molar-refractivity contribution < 1.29 is 9.53 Å². The molecule has 6 nitrogen and oxygen atoms in total. The number of ether oxygens (including phenoxy) is 1. The number of nitrogens with one attached hydrogen (secondary N) is 1. The van der Waals surface area contributed by atoms with Gasteiger partial charge in [-0.05, 0) is 80.5 Å². The number of benzene rings is 1. The number of aryl methyl sites for hydroxylation is 1. The fourth-order valence-corrected chi connectivity index (χ4v) is 5.01. The molecule has 0 bridgehead atoms. The minimum Gasteiger partial charge on any atom is -0.469 e. The van der Waals surface area contributed by atoms with Gasteiger partial charge in [0, 0.05) is 41.3 Å². The first kappa shape index (κ1) is 23.3.